The van der Waals surface area contributed by atoms with Gasteiger partial charge in [-0.05, 0) is 44.0 Å². The molecule has 1 atom stereocenters. The molecule has 0 spiro atoms. The van der Waals surface area contributed by atoms with Crippen LogP contribution < -0.4 is 5.73 Å². The zero-order valence-corrected chi connectivity index (χ0v) is 13.0. The number of hydrogen-bond donors (Lipinski definition) is 1. The van der Waals surface area contributed by atoms with Gasteiger partial charge in [0.1, 0.15) is 0 Å². The number of esters is 1. The van der Waals surface area contributed by atoms with E-state index in [0.29, 0.717) is 5.56 Å². The maximum Gasteiger partial charge on any atom is 0.316 e. The molecule has 2 aromatic rings. The number of pyridine rings is 1. The summed E-state index contributed by atoms with van der Waals surface area (Å²) < 4.78 is 33.1. The molecule has 1 heterocycles. The van der Waals surface area contributed by atoms with Crippen molar-refractivity contribution in [2.75, 3.05) is 12.3 Å². The van der Waals surface area contributed by atoms with Crippen LogP contribution in [0.3, 0.4) is 0 Å². The fraction of sp³-hybridized carbons (Fsp3) is 0.294. The first-order valence-electron chi connectivity index (χ1n) is 7.20. The van der Waals surface area contributed by atoms with E-state index in [9.17, 15) is 13.6 Å². The average molecular weight is 320 g/mol. The molecule has 1 aromatic carbocycles. The first-order valence-corrected chi connectivity index (χ1v) is 7.20. The number of nitrogens with zero attached hydrogens (tertiary/aromatic N) is 1. The maximum atomic E-state index is 14.4. The third-order valence-corrected chi connectivity index (χ3v) is 3.69. The minimum Gasteiger partial charge on any atom is -0.465 e. The van der Waals surface area contributed by atoms with Crippen molar-refractivity contribution >= 4 is 11.7 Å². The lowest BCUT2D eigenvalue weighted by molar-refractivity contribution is -0.149. The number of halogens is 2. The second-order valence-electron chi connectivity index (χ2n) is 5.42. The smallest absolute Gasteiger partial charge is 0.316 e. The summed E-state index contributed by atoms with van der Waals surface area (Å²) in [5, 5.41) is 0. The fourth-order valence-corrected chi connectivity index (χ4v) is 2.59. The van der Waals surface area contributed by atoms with Gasteiger partial charge in [0.25, 0.3) is 0 Å². The van der Waals surface area contributed by atoms with Crippen molar-refractivity contribution in [2.45, 2.75) is 25.7 Å². The molecular weight excluding hydrogens is 302 g/mol. The molecular formula is C17H18F2N2O2. The molecule has 6 heteroatoms. The van der Waals surface area contributed by atoms with E-state index in [-0.39, 0.29) is 24.3 Å². The van der Waals surface area contributed by atoms with Crippen molar-refractivity contribution in [3.8, 4) is 0 Å². The first kappa shape index (κ1) is 16.9. The van der Waals surface area contributed by atoms with Gasteiger partial charge in [0.05, 0.1) is 12.0 Å². The van der Waals surface area contributed by atoms with Crippen molar-refractivity contribution in [3.05, 3.63) is 59.4 Å². The summed E-state index contributed by atoms with van der Waals surface area (Å²) in [5.74, 6) is -2.86. The Morgan fingerprint density at radius 2 is 2.09 bits per heavy atom. The molecule has 2 N–H and O–H groups in total. The fourth-order valence-electron chi connectivity index (χ4n) is 2.59. The van der Waals surface area contributed by atoms with Crippen molar-refractivity contribution < 1.29 is 18.3 Å². The molecule has 0 saturated heterocycles. The Morgan fingerprint density at radius 3 is 2.70 bits per heavy atom. The number of nitrogens with two attached hydrogens (primary N) is 1. The highest BCUT2D eigenvalue weighted by Gasteiger charge is 2.41. The van der Waals surface area contributed by atoms with Gasteiger partial charge in [0, 0.05) is 23.6 Å². The number of rotatable bonds is 5. The third-order valence-electron chi connectivity index (χ3n) is 3.69. The van der Waals surface area contributed by atoms with E-state index in [1.54, 1.807) is 31.5 Å². The second-order valence-corrected chi connectivity index (χ2v) is 5.42. The molecule has 2 rings (SSSR count). The topological polar surface area (TPSA) is 65.2 Å². The molecule has 0 aliphatic rings. The lowest BCUT2D eigenvalue weighted by Crippen LogP contribution is -2.38. The predicted octanol–water partition coefficient (Wildman–Crippen LogP) is 3.01. The van der Waals surface area contributed by atoms with Crippen LogP contribution in [0.1, 0.15) is 25.0 Å². The molecule has 0 aliphatic heterocycles. The zero-order chi connectivity index (χ0) is 17.0. The highest BCUT2D eigenvalue weighted by molar-refractivity contribution is 5.85. The number of hydrogen-bond acceptors (Lipinski definition) is 4. The molecule has 23 heavy (non-hydrogen) atoms. The Bertz CT molecular complexity index is 707. The highest BCUT2D eigenvalue weighted by Crippen LogP contribution is 2.36. The van der Waals surface area contributed by atoms with Crippen LogP contribution in [0.25, 0.3) is 0 Å². The molecule has 0 radical (unpaired) electrons. The quantitative estimate of drug-likeness (QED) is 0.679. The summed E-state index contributed by atoms with van der Waals surface area (Å²) in [7, 11) is 0. The van der Waals surface area contributed by atoms with E-state index in [0.717, 1.165) is 6.07 Å². The second kappa shape index (κ2) is 6.73. The van der Waals surface area contributed by atoms with E-state index < -0.39 is 23.0 Å². The molecule has 0 amide bonds. The molecule has 0 aliphatic carbocycles. The SMILES string of the molecule is CCOC(=O)C(C)(Cc1cccnc1)c1c(N)ccc(F)c1F. The number of ether oxygens (including phenoxy) is 1. The van der Waals surface area contributed by atoms with Gasteiger partial charge in [-0.2, -0.15) is 0 Å². The Balaban J connectivity index is 2.59. The number of benzene rings is 1. The lowest BCUT2D eigenvalue weighted by Gasteiger charge is -2.29. The minimum atomic E-state index is -1.46. The largest absolute Gasteiger partial charge is 0.465 e. The number of nitrogen functional groups attached to an aromatic ring is 1. The number of aromatic nitrogens is 1. The minimum absolute atomic E-state index is 0.00310. The Hall–Kier alpha value is -2.50. The molecule has 4 nitrogen and oxygen atoms in total. The third kappa shape index (κ3) is 3.31. The molecule has 1 aromatic heterocycles. The Labute approximate surface area is 133 Å². The summed E-state index contributed by atoms with van der Waals surface area (Å²) >= 11 is 0. The summed E-state index contributed by atoms with van der Waals surface area (Å²) in [6.07, 6.45) is 3.23. The standard InChI is InChI=1S/C17H18F2N2O2/c1-3-23-16(22)17(2,9-11-5-4-8-21-10-11)14-13(20)7-6-12(18)15(14)19/h4-8,10H,3,9,20H2,1-2H3. The van der Waals surface area contributed by atoms with Crippen LogP contribution in [0, 0.1) is 11.6 Å². The van der Waals surface area contributed by atoms with Crippen LogP contribution in [0.15, 0.2) is 36.7 Å². The van der Waals surface area contributed by atoms with Gasteiger partial charge in [-0.25, -0.2) is 8.78 Å². The summed E-state index contributed by atoms with van der Waals surface area (Å²) in [5.41, 5.74) is 4.87. The van der Waals surface area contributed by atoms with Gasteiger partial charge < -0.3 is 10.5 Å². The molecule has 122 valence electrons. The number of carbonyl (C=O) groups excluding carboxylic acids is 1. The summed E-state index contributed by atoms with van der Waals surface area (Å²) in [6, 6.07) is 5.63. The van der Waals surface area contributed by atoms with Crippen LogP contribution in [0.4, 0.5) is 14.5 Å². The summed E-state index contributed by atoms with van der Waals surface area (Å²) in [4.78, 5) is 16.5. The monoisotopic (exact) mass is 320 g/mol. The van der Waals surface area contributed by atoms with Crippen molar-refractivity contribution in [1.82, 2.24) is 4.98 Å². The van der Waals surface area contributed by atoms with E-state index in [1.165, 1.54) is 13.0 Å². The van der Waals surface area contributed by atoms with E-state index in [4.69, 9.17) is 10.5 Å². The van der Waals surface area contributed by atoms with Gasteiger partial charge in [0.15, 0.2) is 11.6 Å². The molecule has 0 bridgehead atoms. The van der Waals surface area contributed by atoms with E-state index >= 15 is 0 Å². The van der Waals surface area contributed by atoms with E-state index in [2.05, 4.69) is 4.98 Å². The molecule has 1 unspecified atom stereocenters. The van der Waals surface area contributed by atoms with Gasteiger partial charge in [-0.3, -0.25) is 9.78 Å². The highest BCUT2D eigenvalue weighted by atomic mass is 19.2. The van der Waals surface area contributed by atoms with Gasteiger partial charge in [0.2, 0.25) is 0 Å². The molecule has 0 fully saturated rings. The number of carbonyl (C=O) groups is 1. The van der Waals surface area contributed by atoms with Gasteiger partial charge in [-0.1, -0.05) is 6.07 Å². The van der Waals surface area contributed by atoms with E-state index in [1.807, 2.05) is 0 Å². The normalized spacial score (nSPS) is 13.4. The van der Waals surface area contributed by atoms with Gasteiger partial charge in [-0.15, -0.1) is 0 Å². The maximum absolute atomic E-state index is 14.4. The van der Waals surface area contributed by atoms with Crippen LogP contribution in [0.5, 0.6) is 0 Å². The van der Waals surface area contributed by atoms with Crippen LogP contribution >= 0.6 is 0 Å². The van der Waals surface area contributed by atoms with Gasteiger partial charge >= 0.3 is 5.97 Å². The summed E-state index contributed by atoms with van der Waals surface area (Å²) in [6.45, 7) is 3.26. The lowest BCUT2D eigenvalue weighted by atomic mass is 9.76. The van der Waals surface area contributed by atoms with Crippen molar-refractivity contribution in [1.29, 1.82) is 0 Å². The van der Waals surface area contributed by atoms with Crippen molar-refractivity contribution in [3.63, 3.8) is 0 Å². The van der Waals surface area contributed by atoms with Crippen LogP contribution in [0.2, 0.25) is 0 Å². The number of anilines is 1. The Morgan fingerprint density at radius 1 is 1.35 bits per heavy atom. The van der Waals surface area contributed by atoms with Crippen molar-refractivity contribution in [2.24, 2.45) is 0 Å². The molecule has 0 saturated carbocycles. The predicted molar refractivity (Wildman–Crippen MR) is 82.7 cm³/mol. The first-order chi connectivity index (χ1) is 10.9. The van der Waals surface area contributed by atoms with Crippen LogP contribution in [-0.2, 0) is 21.4 Å². The van der Waals surface area contributed by atoms with Crippen LogP contribution in [-0.4, -0.2) is 17.6 Å². The zero-order valence-electron chi connectivity index (χ0n) is 13.0. The average Bonchev–Trinajstić information content (AvgIpc) is 2.52. The Kier molecular flexibility index (Phi) is 4.93.